The summed E-state index contributed by atoms with van der Waals surface area (Å²) in [4.78, 5) is 5.68. The molecule has 2 N–H and O–H groups in total. The fourth-order valence-corrected chi connectivity index (χ4v) is 3.05. The first-order chi connectivity index (χ1) is 9.98. The molecule has 5 heteroatoms. The highest BCUT2D eigenvalue weighted by Crippen LogP contribution is 2.35. The Morgan fingerprint density at radius 2 is 1.90 bits per heavy atom. The molecule has 1 aromatic carbocycles. The van der Waals surface area contributed by atoms with E-state index in [1.54, 1.807) is 0 Å². The van der Waals surface area contributed by atoms with Crippen molar-refractivity contribution in [3.05, 3.63) is 52.7 Å². The molecule has 0 atom stereocenters. The molecule has 0 spiro atoms. The van der Waals surface area contributed by atoms with Gasteiger partial charge in [-0.2, -0.15) is 4.98 Å². The molecule has 0 saturated heterocycles. The van der Waals surface area contributed by atoms with Gasteiger partial charge >= 0.3 is 0 Å². The number of hydrogen-bond donors (Lipinski definition) is 1. The lowest BCUT2D eigenvalue weighted by molar-refractivity contribution is 0.408. The zero-order chi connectivity index (χ0) is 15.0. The third kappa shape index (κ3) is 2.45. The van der Waals surface area contributed by atoms with Crippen LogP contribution < -0.4 is 5.73 Å². The zero-order valence-electron chi connectivity index (χ0n) is 12.3. The Balaban J connectivity index is 2.00. The van der Waals surface area contributed by atoms with E-state index >= 15 is 0 Å². The van der Waals surface area contributed by atoms with Gasteiger partial charge in [0.25, 0.3) is 5.89 Å². The Morgan fingerprint density at radius 3 is 2.52 bits per heavy atom. The van der Waals surface area contributed by atoms with Crippen LogP contribution in [0.1, 0.15) is 30.1 Å². The van der Waals surface area contributed by atoms with Crippen molar-refractivity contribution >= 4 is 16.3 Å². The predicted octanol–water partition coefficient (Wildman–Crippen LogP) is 4.01. The van der Waals surface area contributed by atoms with Crippen LogP contribution in [-0.4, -0.2) is 10.1 Å². The molecule has 0 saturated carbocycles. The van der Waals surface area contributed by atoms with Gasteiger partial charge in [0.1, 0.15) is 0 Å². The minimum absolute atomic E-state index is 0.317. The van der Waals surface area contributed by atoms with Crippen molar-refractivity contribution in [2.45, 2.75) is 26.2 Å². The lowest BCUT2D eigenvalue weighted by Gasteiger charge is -2.20. The number of thiophene rings is 1. The smallest absolute Gasteiger partial charge is 0.260 e. The summed E-state index contributed by atoms with van der Waals surface area (Å²) in [5.74, 6) is 1.14. The molecule has 2 aromatic heterocycles. The largest absolute Gasteiger partial charge is 0.390 e. The van der Waals surface area contributed by atoms with Gasteiger partial charge in [-0.05, 0) is 32.4 Å². The van der Waals surface area contributed by atoms with E-state index in [0.29, 0.717) is 16.7 Å². The summed E-state index contributed by atoms with van der Waals surface area (Å²) in [5, 5.41) is 4.86. The average Bonchev–Trinajstić information content (AvgIpc) is 3.06. The Bertz CT molecular complexity index is 759. The van der Waals surface area contributed by atoms with Gasteiger partial charge in [0.15, 0.2) is 5.82 Å². The van der Waals surface area contributed by atoms with E-state index in [-0.39, 0.29) is 5.41 Å². The molecular formula is C16H17N3OS. The summed E-state index contributed by atoms with van der Waals surface area (Å²) in [5.41, 5.74) is 7.64. The van der Waals surface area contributed by atoms with Crippen molar-refractivity contribution in [1.82, 2.24) is 10.1 Å². The average molecular weight is 299 g/mol. The molecule has 3 rings (SSSR count). The molecule has 108 valence electrons. The number of nitrogens with zero attached hydrogens (tertiary/aromatic N) is 2. The van der Waals surface area contributed by atoms with Crippen molar-refractivity contribution in [2.24, 2.45) is 0 Å². The summed E-state index contributed by atoms with van der Waals surface area (Å²) < 4.78 is 5.42. The topological polar surface area (TPSA) is 64.9 Å². The van der Waals surface area contributed by atoms with Crippen molar-refractivity contribution in [2.75, 3.05) is 5.73 Å². The lowest BCUT2D eigenvalue weighted by atomic mass is 9.84. The first kappa shape index (κ1) is 13.8. The molecular weight excluding hydrogens is 282 g/mol. The number of aromatic nitrogens is 2. The maximum Gasteiger partial charge on any atom is 0.260 e. The number of nitrogens with two attached hydrogens (primary N) is 1. The highest BCUT2D eigenvalue weighted by molar-refractivity contribution is 7.16. The number of aryl methyl sites for hydroxylation is 1. The van der Waals surface area contributed by atoms with E-state index in [0.717, 1.165) is 16.0 Å². The van der Waals surface area contributed by atoms with Crippen LogP contribution in [0.15, 0.2) is 40.9 Å². The molecule has 0 bridgehead atoms. The van der Waals surface area contributed by atoms with Crippen LogP contribution in [0, 0.1) is 6.92 Å². The maximum atomic E-state index is 5.99. The minimum atomic E-state index is -0.317. The van der Waals surface area contributed by atoms with E-state index in [4.69, 9.17) is 10.3 Å². The van der Waals surface area contributed by atoms with Crippen molar-refractivity contribution < 1.29 is 4.52 Å². The van der Waals surface area contributed by atoms with Gasteiger partial charge in [0.05, 0.1) is 16.0 Å². The summed E-state index contributed by atoms with van der Waals surface area (Å²) >= 11 is 1.53. The molecule has 4 nitrogen and oxygen atoms in total. The second-order valence-electron chi connectivity index (χ2n) is 5.55. The Hall–Kier alpha value is -2.14. The SMILES string of the molecule is Cc1cc(-c2nc(C(C)(C)c3ccccc3)no2)c(N)s1. The quantitative estimate of drug-likeness (QED) is 0.793. The van der Waals surface area contributed by atoms with E-state index in [1.807, 2.05) is 31.2 Å². The van der Waals surface area contributed by atoms with Gasteiger partial charge < -0.3 is 10.3 Å². The van der Waals surface area contributed by atoms with Crippen LogP contribution in [0.5, 0.6) is 0 Å². The zero-order valence-corrected chi connectivity index (χ0v) is 13.1. The van der Waals surface area contributed by atoms with Gasteiger partial charge in [0.2, 0.25) is 0 Å². The van der Waals surface area contributed by atoms with Crippen LogP contribution in [0.3, 0.4) is 0 Å². The van der Waals surface area contributed by atoms with Crippen LogP contribution in [-0.2, 0) is 5.41 Å². The number of anilines is 1. The number of nitrogen functional groups attached to an aromatic ring is 1. The predicted molar refractivity (Wildman–Crippen MR) is 85.3 cm³/mol. The first-order valence-corrected chi connectivity index (χ1v) is 7.56. The van der Waals surface area contributed by atoms with E-state index in [1.165, 1.54) is 11.3 Å². The van der Waals surface area contributed by atoms with Gasteiger partial charge in [-0.3, -0.25) is 0 Å². The number of rotatable bonds is 3. The van der Waals surface area contributed by atoms with Gasteiger partial charge in [-0.1, -0.05) is 35.5 Å². The maximum absolute atomic E-state index is 5.99. The molecule has 3 aromatic rings. The molecule has 0 unspecified atom stereocenters. The van der Waals surface area contributed by atoms with E-state index in [2.05, 4.69) is 36.1 Å². The Morgan fingerprint density at radius 1 is 1.19 bits per heavy atom. The summed E-state index contributed by atoms with van der Waals surface area (Å²) in [7, 11) is 0. The monoisotopic (exact) mass is 299 g/mol. The molecule has 0 fully saturated rings. The fraction of sp³-hybridized carbons (Fsp3) is 0.250. The standard InChI is InChI=1S/C16H17N3OS/c1-10-9-12(13(17)21-10)14-18-15(19-20-14)16(2,3)11-7-5-4-6-8-11/h4-9H,17H2,1-3H3. The fourth-order valence-electron chi connectivity index (χ4n) is 2.27. The summed E-state index contributed by atoms with van der Waals surface area (Å²) in [6, 6.07) is 12.1. The second kappa shape index (κ2) is 5.00. The third-order valence-corrected chi connectivity index (χ3v) is 4.47. The normalized spacial score (nSPS) is 11.8. The lowest BCUT2D eigenvalue weighted by Crippen LogP contribution is -2.20. The highest BCUT2D eigenvalue weighted by Gasteiger charge is 2.29. The first-order valence-electron chi connectivity index (χ1n) is 6.74. The van der Waals surface area contributed by atoms with Crippen LogP contribution in [0.4, 0.5) is 5.00 Å². The molecule has 2 heterocycles. The van der Waals surface area contributed by atoms with Gasteiger partial charge in [-0.15, -0.1) is 11.3 Å². The second-order valence-corrected chi connectivity index (χ2v) is 6.84. The minimum Gasteiger partial charge on any atom is -0.390 e. The van der Waals surface area contributed by atoms with Crippen LogP contribution in [0.25, 0.3) is 11.5 Å². The molecule has 21 heavy (non-hydrogen) atoms. The van der Waals surface area contributed by atoms with Crippen molar-refractivity contribution in [3.8, 4) is 11.5 Å². The highest BCUT2D eigenvalue weighted by atomic mass is 32.1. The number of benzene rings is 1. The van der Waals surface area contributed by atoms with Gasteiger partial charge in [-0.25, -0.2) is 0 Å². The van der Waals surface area contributed by atoms with E-state index in [9.17, 15) is 0 Å². The summed E-state index contributed by atoms with van der Waals surface area (Å²) in [6.45, 7) is 6.17. The van der Waals surface area contributed by atoms with Crippen molar-refractivity contribution in [3.63, 3.8) is 0 Å². The molecule has 0 radical (unpaired) electrons. The van der Waals surface area contributed by atoms with Crippen LogP contribution >= 0.6 is 11.3 Å². The Labute approximate surface area is 127 Å². The molecule has 0 amide bonds. The molecule has 0 aliphatic heterocycles. The summed E-state index contributed by atoms with van der Waals surface area (Å²) in [6.07, 6.45) is 0. The van der Waals surface area contributed by atoms with Crippen molar-refractivity contribution in [1.29, 1.82) is 0 Å². The Kier molecular flexibility index (Phi) is 3.29. The van der Waals surface area contributed by atoms with Crippen LogP contribution in [0.2, 0.25) is 0 Å². The van der Waals surface area contributed by atoms with Gasteiger partial charge in [0, 0.05) is 4.88 Å². The molecule has 0 aliphatic carbocycles. The number of hydrogen-bond acceptors (Lipinski definition) is 5. The molecule has 0 aliphatic rings. The third-order valence-electron chi connectivity index (χ3n) is 3.59. The van der Waals surface area contributed by atoms with E-state index < -0.39 is 0 Å².